The molecule has 0 saturated heterocycles. The molecule has 2 rings (SSSR count). The number of alkyl halides is 2. The Morgan fingerprint density at radius 3 is 2.40 bits per heavy atom. The van der Waals surface area contributed by atoms with Gasteiger partial charge < -0.3 is 5.32 Å². The van der Waals surface area contributed by atoms with Gasteiger partial charge in [-0.15, -0.1) is 0 Å². The summed E-state index contributed by atoms with van der Waals surface area (Å²) >= 11 is 0. The van der Waals surface area contributed by atoms with E-state index in [1.807, 2.05) is 0 Å². The molecule has 1 fully saturated rings. The monoisotopic (exact) mass is 281 g/mol. The second-order valence-electron chi connectivity index (χ2n) is 5.22. The van der Waals surface area contributed by atoms with Gasteiger partial charge in [0.2, 0.25) is 11.8 Å². The number of carbonyl (C=O) groups is 2. The Hall–Kier alpha value is -1.78. The summed E-state index contributed by atoms with van der Waals surface area (Å²) in [5.41, 5.74) is 0.879. The van der Waals surface area contributed by atoms with E-state index in [4.69, 9.17) is 0 Å². The summed E-state index contributed by atoms with van der Waals surface area (Å²) < 4.78 is 26.1. The molecule has 108 valence electrons. The van der Waals surface area contributed by atoms with Crippen molar-refractivity contribution in [3.8, 4) is 0 Å². The molecule has 0 unspecified atom stereocenters. The fourth-order valence-corrected chi connectivity index (χ4v) is 2.44. The standard InChI is InChI=1S/C15H17F2NO2/c1-10(19)12-4-2-3-5-13(12)18-14(20)11-6-8-15(16,17)9-7-11/h2-5,11H,6-9H2,1H3,(H,18,20). The van der Waals surface area contributed by atoms with Crippen LogP contribution in [0.15, 0.2) is 24.3 Å². The zero-order chi connectivity index (χ0) is 14.8. The van der Waals surface area contributed by atoms with E-state index in [1.165, 1.54) is 6.92 Å². The first kappa shape index (κ1) is 14.6. The average molecular weight is 281 g/mol. The number of ketones is 1. The summed E-state index contributed by atoms with van der Waals surface area (Å²) in [7, 11) is 0. The van der Waals surface area contributed by atoms with Crippen molar-refractivity contribution in [1.82, 2.24) is 0 Å². The molecule has 0 atom stereocenters. The van der Waals surface area contributed by atoms with Gasteiger partial charge in [-0.05, 0) is 31.9 Å². The molecule has 1 aromatic rings. The summed E-state index contributed by atoms with van der Waals surface area (Å²) in [4.78, 5) is 23.5. The molecule has 1 amide bonds. The zero-order valence-electron chi connectivity index (χ0n) is 11.3. The van der Waals surface area contributed by atoms with E-state index in [0.717, 1.165) is 0 Å². The lowest BCUT2D eigenvalue weighted by Gasteiger charge is -2.27. The predicted octanol–water partition coefficient (Wildman–Crippen LogP) is 3.65. The van der Waals surface area contributed by atoms with Crippen LogP contribution in [0.5, 0.6) is 0 Å². The third-order valence-electron chi connectivity index (χ3n) is 3.65. The molecule has 0 aromatic heterocycles. The second kappa shape index (κ2) is 5.69. The Morgan fingerprint density at radius 2 is 1.80 bits per heavy atom. The van der Waals surface area contributed by atoms with Crippen molar-refractivity contribution in [1.29, 1.82) is 0 Å². The van der Waals surface area contributed by atoms with E-state index in [2.05, 4.69) is 5.32 Å². The van der Waals surface area contributed by atoms with Crippen LogP contribution in [0.3, 0.4) is 0 Å². The number of para-hydroxylation sites is 1. The summed E-state index contributed by atoms with van der Waals surface area (Å²) in [6.45, 7) is 1.42. The Bertz CT molecular complexity index is 518. The van der Waals surface area contributed by atoms with Gasteiger partial charge in [-0.3, -0.25) is 9.59 Å². The normalized spacial score (nSPS) is 18.6. The quantitative estimate of drug-likeness (QED) is 0.859. The molecule has 0 aliphatic heterocycles. The van der Waals surface area contributed by atoms with Crippen molar-refractivity contribution in [2.45, 2.75) is 38.5 Å². The number of Topliss-reactive ketones (excluding diaryl/α,β-unsaturated/α-hetero) is 1. The number of hydrogen-bond donors (Lipinski definition) is 1. The SMILES string of the molecule is CC(=O)c1ccccc1NC(=O)C1CCC(F)(F)CC1. The van der Waals surface area contributed by atoms with Crippen molar-refractivity contribution in [3.05, 3.63) is 29.8 Å². The Balaban J connectivity index is 2.04. The number of benzene rings is 1. The molecule has 1 aromatic carbocycles. The third-order valence-corrected chi connectivity index (χ3v) is 3.65. The van der Waals surface area contributed by atoms with Crippen molar-refractivity contribution in [3.63, 3.8) is 0 Å². The van der Waals surface area contributed by atoms with Crippen molar-refractivity contribution >= 4 is 17.4 Å². The molecule has 0 bridgehead atoms. The van der Waals surface area contributed by atoms with Crippen LogP contribution in [0.4, 0.5) is 14.5 Å². The second-order valence-corrected chi connectivity index (χ2v) is 5.22. The van der Waals surface area contributed by atoms with E-state index in [0.29, 0.717) is 11.3 Å². The topological polar surface area (TPSA) is 46.2 Å². The van der Waals surface area contributed by atoms with Gasteiger partial charge in [-0.2, -0.15) is 0 Å². The van der Waals surface area contributed by atoms with Crippen LogP contribution in [0.1, 0.15) is 43.0 Å². The molecular formula is C15H17F2NO2. The minimum atomic E-state index is -2.64. The summed E-state index contributed by atoms with van der Waals surface area (Å²) in [5, 5.41) is 2.68. The zero-order valence-corrected chi connectivity index (χ0v) is 11.3. The van der Waals surface area contributed by atoms with Gasteiger partial charge >= 0.3 is 0 Å². The number of halogens is 2. The maximum Gasteiger partial charge on any atom is 0.248 e. The largest absolute Gasteiger partial charge is 0.325 e. The van der Waals surface area contributed by atoms with Gasteiger partial charge in [0.1, 0.15) is 0 Å². The Labute approximate surface area is 116 Å². The molecule has 1 N–H and O–H groups in total. The summed E-state index contributed by atoms with van der Waals surface area (Å²) in [6.07, 6.45) is -0.138. The van der Waals surface area contributed by atoms with E-state index in [1.54, 1.807) is 24.3 Å². The van der Waals surface area contributed by atoms with Gasteiger partial charge in [0, 0.05) is 24.3 Å². The minimum absolute atomic E-state index is 0.143. The first-order valence-corrected chi connectivity index (χ1v) is 6.68. The Morgan fingerprint density at radius 1 is 1.20 bits per heavy atom. The van der Waals surface area contributed by atoms with Gasteiger partial charge in [-0.1, -0.05) is 12.1 Å². The molecule has 0 heterocycles. The lowest BCUT2D eigenvalue weighted by Crippen LogP contribution is -2.32. The first-order valence-electron chi connectivity index (χ1n) is 6.68. The van der Waals surface area contributed by atoms with Crippen LogP contribution in [0.2, 0.25) is 0 Å². The maximum atomic E-state index is 13.1. The highest BCUT2D eigenvalue weighted by Crippen LogP contribution is 2.36. The number of amides is 1. The van der Waals surface area contributed by atoms with E-state index < -0.39 is 11.8 Å². The molecule has 0 spiro atoms. The van der Waals surface area contributed by atoms with Crippen LogP contribution >= 0.6 is 0 Å². The van der Waals surface area contributed by atoms with Crippen LogP contribution < -0.4 is 5.32 Å². The van der Waals surface area contributed by atoms with Crippen LogP contribution in [-0.2, 0) is 4.79 Å². The summed E-state index contributed by atoms with van der Waals surface area (Å²) in [5.74, 6) is -3.48. The highest BCUT2D eigenvalue weighted by atomic mass is 19.3. The Kier molecular flexibility index (Phi) is 4.16. The first-order chi connectivity index (χ1) is 9.39. The molecule has 1 aliphatic rings. The van der Waals surface area contributed by atoms with Gasteiger partial charge in [0.25, 0.3) is 0 Å². The molecule has 5 heteroatoms. The molecule has 1 aliphatic carbocycles. The highest BCUT2D eigenvalue weighted by molar-refractivity contribution is 6.04. The number of nitrogens with one attached hydrogen (secondary N) is 1. The van der Waals surface area contributed by atoms with Crippen LogP contribution in [-0.4, -0.2) is 17.6 Å². The van der Waals surface area contributed by atoms with E-state index >= 15 is 0 Å². The van der Waals surface area contributed by atoms with E-state index in [9.17, 15) is 18.4 Å². The molecular weight excluding hydrogens is 264 g/mol. The molecule has 1 saturated carbocycles. The molecule has 20 heavy (non-hydrogen) atoms. The number of carbonyl (C=O) groups excluding carboxylic acids is 2. The smallest absolute Gasteiger partial charge is 0.248 e. The minimum Gasteiger partial charge on any atom is -0.325 e. The summed E-state index contributed by atoms with van der Waals surface area (Å²) in [6, 6.07) is 6.71. The highest BCUT2D eigenvalue weighted by Gasteiger charge is 2.37. The predicted molar refractivity (Wildman–Crippen MR) is 72.0 cm³/mol. The fraction of sp³-hybridized carbons (Fsp3) is 0.467. The third kappa shape index (κ3) is 3.40. The van der Waals surface area contributed by atoms with Crippen molar-refractivity contribution < 1.29 is 18.4 Å². The van der Waals surface area contributed by atoms with Crippen LogP contribution in [0, 0.1) is 5.92 Å². The lowest BCUT2D eigenvalue weighted by molar-refractivity contribution is -0.124. The van der Waals surface area contributed by atoms with Crippen molar-refractivity contribution in [2.24, 2.45) is 5.92 Å². The average Bonchev–Trinajstić information content (AvgIpc) is 2.38. The van der Waals surface area contributed by atoms with E-state index in [-0.39, 0.29) is 37.4 Å². The van der Waals surface area contributed by atoms with Gasteiger partial charge in [-0.25, -0.2) is 8.78 Å². The number of hydrogen-bond acceptors (Lipinski definition) is 2. The molecule has 0 radical (unpaired) electrons. The number of anilines is 1. The maximum absolute atomic E-state index is 13.1. The van der Waals surface area contributed by atoms with Gasteiger partial charge in [0.15, 0.2) is 5.78 Å². The lowest BCUT2D eigenvalue weighted by atomic mass is 9.86. The molecule has 3 nitrogen and oxygen atoms in total. The number of rotatable bonds is 3. The van der Waals surface area contributed by atoms with Crippen LogP contribution in [0.25, 0.3) is 0 Å². The van der Waals surface area contributed by atoms with Crippen molar-refractivity contribution in [2.75, 3.05) is 5.32 Å². The fourth-order valence-electron chi connectivity index (χ4n) is 2.44. The van der Waals surface area contributed by atoms with Gasteiger partial charge in [0.05, 0.1) is 5.69 Å².